The van der Waals surface area contributed by atoms with Gasteiger partial charge in [-0.05, 0) is 12.8 Å². The highest BCUT2D eigenvalue weighted by Crippen LogP contribution is 2.43. The number of nitrogens with one attached hydrogen (secondary N) is 1. The van der Waals surface area contributed by atoms with Gasteiger partial charge in [0.2, 0.25) is 16.6 Å². The molecule has 2 N–H and O–H groups in total. The maximum Gasteiger partial charge on any atom is 0.425 e. The lowest BCUT2D eigenvalue weighted by Crippen LogP contribution is -2.46. The lowest BCUT2D eigenvalue weighted by molar-refractivity contribution is -0.270. The Labute approximate surface area is 138 Å². The molecule has 0 spiro atoms. The predicted octanol–water partition coefficient (Wildman–Crippen LogP) is 1.93. The third kappa shape index (κ3) is 3.13. The van der Waals surface area contributed by atoms with Gasteiger partial charge >= 0.3 is 6.18 Å². The monoisotopic (exact) mass is 361 g/mol. The summed E-state index contributed by atoms with van der Waals surface area (Å²) in [5, 5.41) is 20.9. The van der Waals surface area contributed by atoms with E-state index in [2.05, 4.69) is 20.5 Å². The highest BCUT2D eigenvalue weighted by molar-refractivity contribution is 7.15. The van der Waals surface area contributed by atoms with E-state index in [-0.39, 0.29) is 5.13 Å². The van der Waals surface area contributed by atoms with Gasteiger partial charge in [0.25, 0.3) is 0 Å². The summed E-state index contributed by atoms with van der Waals surface area (Å²) in [7, 11) is 1.31. The van der Waals surface area contributed by atoms with Crippen LogP contribution >= 0.6 is 11.3 Å². The molecule has 2 heterocycles. The van der Waals surface area contributed by atoms with Gasteiger partial charge < -0.3 is 15.0 Å². The zero-order valence-corrected chi connectivity index (χ0v) is 13.4. The number of nitrogens with zero attached hydrogens (tertiary/aromatic N) is 4. The van der Waals surface area contributed by atoms with Gasteiger partial charge in [-0.15, -0.1) is 10.2 Å². The van der Waals surface area contributed by atoms with Crippen LogP contribution < -0.4 is 5.32 Å². The van der Waals surface area contributed by atoms with E-state index in [0.29, 0.717) is 5.92 Å². The number of hydrogen-bond donors (Lipinski definition) is 2. The number of hydrogen-bond acceptors (Lipinski definition) is 6. The second-order valence-electron chi connectivity index (χ2n) is 5.66. The molecule has 1 amide bonds. The van der Waals surface area contributed by atoms with Crippen molar-refractivity contribution >= 4 is 22.4 Å². The summed E-state index contributed by atoms with van der Waals surface area (Å²) in [6, 6.07) is 0. The number of rotatable bonds is 5. The van der Waals surface area contributed by atoms with Crippen molar-refractivity contribution in [1.82, 2.24) is 19.7 Å². The van der Waals surface area contributed by atoms with Crippen molar-refractivity contribution in [2.75, 3.05) is 5.32 Å². The van der Waals surface area contributed by atoms with Gasteiger partial charge in [-0.3, -0.25) is 4.79 Å². The van der Waals surface area contributed by atoms with Crippen LogP contribution in [0.5, 0.6) is 0 Å². The molecule has 0 saturated heterocycles. The first kappa shape index (κ1) is 16.8. The molecule has 0 aliphatic heterocycles. The minimum absolute atomic E-state index is 0.117. The first-order valence-corrected chi connectivity index (χ1v) is 7.92. The standard InChI is InChI=1S/C13H14F3N5O2S/c1-21-5-4-17-10(21)12(23,13(14,15)16)6-8(22)18-11-20-19-9(24-11)7-2-3-7/h4-5,7,23H,2-3,6H2,1H3,(H,18,20,22)/t12-/m1/s1. The topological polar surface area (TPSA) is 92.9 Å². The van der Waals surface area contributed by atoms with Gasteiger partial charge in [-0.2, -0.15) is 13.2 Å². The molecule has 0 aromatic carbocycles. The van der Waals surface area contributed by atoms with Crippen molar-refractivity contribution in [3.63, 3.8) is 0 Å². The molecule has 0 unspecified atom stereocenters. The molecule has 0 bridgehead atoms. The zero-order valence-electron chi connectivity index (χ0n) is 12.5. The van der Waals surface area contributed by atoms with Gasteiger partial charge in [-0.1, -0.05) is 11.3 Å². The van der Waals surface area contributed by atoms with Crippen molar-refractivity contribution in [3.8, 4) is 0 Å². The number of imidazole rings is 1. The smallest absolute Gasteiger partial charge is 0.374 e. The van der Waals surface area contributed by atoms with E-state index >= 15 is 0 Å². The fraction of sp³-hybridized carbons (Fsp3) is 0.538. The van der Waals surface area contributed by atoms with Crippen molar-refractivity contribution in [3.05, 3.63) is 23.2 Å². The van der Waals surface area contributed by atoms with E-state index in [4.69, 9.17) is 0 Å². The average molecular weight is 361 g/mol. The Morgan fingerprint density at radius 1 is 1.46 bits per heavy atom. The second-order valence-corrected chi connectivity index (χ2v) is 6.67. The number of aliphatic hydroxyl groups is 1. The van der Waals surface area contributed by atoms with E-state index in [1.165, 1.54) is 13.2 Å². The third-order valence-corrected chi connectivity index (χ3v) is 4.69. The lowest BCUT2D eigenvalue weighted by atomic mass is 9.97. The lowest BCUT2D eigenvalue weighted by Gasteiger charge is -2.29. The Balaban J connectivity index is 1.77. The van der Waals surface area contributed by atoms with E-state index in [1.807, 2.05) is 0 Å². The van der Waals surface area contributed by atoms with Crippen LogP contribution in [0.15, 0.2) is 12.4 Å². The quantitative estimate of drug-likeness (QED) is 0.849. The summed E-state index contributed by atoms with van der Waals surface area (Å²) < 4.78 is 41.1. The Bertz CT molecular complexity index is 755. The van der Waals surface area contributed by atoms with E-state index < -0.39 is 29.9 Å². The number of aromatic nitrogens is 4. The van der Waals surface area contributed by atoms with Gasteiger partial charge in [0, 0.05) is 25.4 Å². The zero-order chi connectivity index (χ0) is 17.5. The molecule has 1 fully saturated rings. The molecule has 11 heteroatoms. The normalized spacial score (nSPS) is 17.5. The molecule has 2 aromatic rings. The maximum atomic E-state index is 13.4. The third-order valence-electron chi connectivity index (χ3n) is 3.69. The van der Waals surface area contributed by atoms with Crippen molar-refractivity contribution in [1.29, 1.82) is 0 Å². The number of carbonyl (C=O) groups is 1. The van der Waals surface area contributed by atoms with Crippen LogP contribution in [0.2, 0.25) is 0 Å². The van der Waals surface area contributed by atoms with Crippen LogP contribution in [-0.4, -0.2) is 36.9 Å². The van der Waals surface area contributed by atoms with Gasteiger partial charge in [0.1, 0.15) is 5.01 Å². The first-order chi connectivity index (χ1) is 11.2. The number of alkyl halides is 3. The van der Waals surface area contributed by atoms with Gasteiger partial charge in [0.05, 0.1) is 6.42 Å². The number of carbonyl (C=O) groups excluding carboxylic acids is 1. The predicted molar refractivity (Wildman–Crippen MR) is 78.3 cm³/mol. The maximum absolute atomic E-state index is 13.4. The molecule has 2 aromatic heterocycles. The molecule has 3 rings (SSSR count). The SMILES string of the molecule is Cn1ccnc1[C@](O)(CC(=O)Nc1nnc(C2CC2)s1)C(F)(F)F. The van der Waals surface area contributed by atoms with Crippen LogP contribution in [0, 0.1) is 0 Å². The summed E-state index contributed by atoms with van der Waals surface area (Å²) in [6.45, 7) is 0. The molecule has 1 aliphatic carbocycles. The van der Waals surface area contributed by atoms with E-state index in [9.17, 15) is 23.1 Å². The molecule has 130 valence electrons. The van der Waals surface area contributed by atoms with Crippen molar-refractivity contribution < 1.29 is 23.1 Å². The van der Waals surface area contributed by atoms with E-state index in [1.54, 1.807) is 0 Å². The fourth-order valence-corrected chi connectivity index (χ4v) is 3.17. The summed E-state index contributed by atoms with van der Waals surface area (Å²) in [4.78, 5) is 15.5. The molecule has 0 radical (unpaired) electrons. The highest BCUT2D eigenvalue weighted by Gasteiger charge is 2.58. The fourth-order valence-electron chi connectivity index (χ4n) is 2.25. The van der Waals surface area contributed by atoms with E-state index in [0.717, 1.165) is 39.9 Å². The molecule has 1 aliphatic rings. The minimum Gasteiger partial charge on any atom is -0.374 e. The molecular weight excluding hydrogens is 347 g/mol. The van der Waals surface area contributed by atoms with Gasteiger partial charge in [0.15, 0.2) is 5.82 Å². The summed E-state index contributed by atoms with van der Waals surface area (Å²) in [6.07, 6.45) is -1.91. The molecule has 1 atom stereocenters. The van der Waals surface area contributed by atoms with Crippen molar-refractivity contribution in [2.24, 2.45) is 7.05 Å². The van der Waals surface area contributed by atoms with Crippen LogP contribution in [0.4, 0.5) is 18.3 Å². The summed E-state index contributed by atoms with van der Waals surface area (Å²) in [5.74, 6) is -1.34. The highest BCUT2D eigenvalue weighted by atomic mass is 32.1. The van der Waals surface area contributed by atoms with Gasteiger partial charge in [-0.25, -0.2) is 4.98 Å². The second kappa shape index (κ2) is 5.81. The average Bonchev–Trinajstić information content (AvgIpc) is 3.07. The van der Waals surface area contributed by atoms with Crippen molar-refractivity contribution in [2.45, 2.75) is 37.0 Å². The molecule has 7 nitrogen and oxygen atoms in total. The Hall–Kier alpha value is -2.01. The Kier molecular flexibility index (Phi) is 4.08. The number of anilines is 1. The Morgan fingerprint density at radius 2 is 2.17 bits per heavy atom. The molecule has 24 heavy (non-hydrogen) atoms. The largest absolute Gasteiger partial charge is 0.425 e. The van der Waals surface area contributed by atoms with Crippen LogP contribution in [0.1, 0.15) is 36.0 Å². The number of halogens is 3. The number of amides is 1. The van der Waals surface area contributed by atoms with Crippen LogP contribution in [-0.2, 0) is 17.4 Å². The minimum atomic E-state index is -5.07. The number of aryl methyl sites for hydroxylation is 1. The van der Waals surface area contributed by atoms with Crippen LogP contribution in [0.3, 0.4) is 0 Å². The summed E-state index contributed by atoms with van der Waals surface area (Å²) in [5.41, 5.74) is -3.39. The van der Waals surface area contributed by atoms with Crippen LogP contribution in [0.25, 0.3) is 0 Å². The first-order valence-electron chi connectivity index (χ1n) is 7.11. The summed E-state index contributed by atoms with van der Waals surface area (Å²) >= 11 is 1.13. The molecular formula is C13H14F3N5O2S. The Morgan fingerprint density at radius 3 is 2.71 bits per heavy atom. The molecule has 1 saturated carbocycles.